The standard InChI is InChI=1S/C16H23N5O4/c1-10-12(14(23)19-15(24)18-10)4-5-13(22)20-7-2-3-11(9-20)21-8-6-17-16(21)25/h11H,2-9H2,1H3,(H,17,25)(H2,18,19,23,24). The Balaban J connectivity index is 1.60. The van der Waals surface area contributed by atoms with Crippen molar-refractivity contribution in [2.24, 2.45) is 0 Å². The first-order valence-electron chi connectivity index (χ1n) is 8.60. The lowest BCUT2D eigenvalue weighted by atomic mass is 10.0. The lowest BCUT2D eigenvalue weighted by molar-refractivity contribution is -0.133. The molecule has 1 aromatic heterocycles. The minimum absolute atomic E-state index is 0.0331. The summed E-state index contributed by atoms with van der Waals surface area (Å²) in [7, 11) is 0. The van der Waals surface area contributed by atoms with Gasteiger partial charge in [0.05, 0.1) is 6.04 Å². The van der Waals surface area contributed by atoms with Gasteiger partial charge in [0.25, 0.3) is 5.56 Å². The Morgan fingerprint density at radius 2 is 2.00 bits per heavy atom. The Kier molecular flexibility index (Phi) is 4.91. The van der Waals surface area contributed by atoms with Gasteiger partial charge < -0.3 is 20.1 Å². The normalized spacial score (nSPS) is 20.7. The van der Waals surface area contributed by atoms with E-state index in [9.17, 15) is 19.2 Å². The molecule has 3 amide bonds. The van der Waals surface area contributed by atoms with E-state index in [0.717, 1.165) is 12.8 Å². The number of aryl methyl sites for hydroxylation is 1. The van der Waals surface area contributed by atoms with Crippen molar-refractivity contribution in [3.8, 4) is 0 Å². The van der Waals surface area contributed by atoms with E-state index in [-0.39, 0.29) is 30.8 Å². The number of nitrogens with zero attached hydrogens (tertiary/aromatic N) is 2. The third-order valence-corrected chi connectivity index (χ3v) is 4.92. The van der Waals surface area contributed by atoms with Crippen LogP contribution in [-0.4, -0.2) is 63.9 Å². The molecule has 3 heterocycles. The summed E-state index contributed by atoms with van der Waals surface area (Å²) >= 11 is 0. The average molecular weight is 349 g/mol. The van der Waals surface area contributed by atoms with Gasteiger partial charge in [-0.25, -0.2) is 9.59 Å². The van der Waals surface area contributed by atoms with Crippen LogP contribution in [0.1, 0.15) is 30.5 Å². The third kappa shape index (κ3) is 3.75. The fourth-order valence-corrected chi connectivity index (χ4v) is 3.59. The lowest BCUT2D eigenvalue weighted by Gasteiger charge is -2.37. The van der Waals surface area contributed by atoms with E-state index >= 15 is 0 Å². The van der Waals surface area contributed by atoms with Crippen molar-refractivity contribution in [2.45, 2.75) is 38.6 Å². The number of hydrogen-bond donors (Lipinski definition) is 3. The number of amides is 3. The van der Waals surface area contributed by atoms with Crippen LogP contribution in [0.25, 0.3) is 0 Å². The number of aromatic nitrogens is 2. The third-order valence-electron chi connectivity index (χ3n) is 4.92. The zero-order chi connectivity index (χ0) is 18.0. The highest BCUT2D eigenvalue weighted by Gasteiger charge is 2.32. The Labute approximate surface area is 144 Å². The molecular weight excluding hydrogens is 326 g/mol. The number of rotatable bonds is 4. The van der Waals surface area contributed by atoms with E-state index in [1.165, 1.54) is 0 Å². The molecule has 9 heteroatoms. The summed E-state index contributed by atoms with van der Waals surface area (Å²) in [5.74, 6) is -0.0331. The maximum absolute atomic E-state index is 12.5. The second kappa shape index (κ2) is 7.12. The number of carbonyl (C=O) groups excluding carboxylic acids is 2. The summed E-state index contributed by atoms with van der Waals surface area (Å²) < 4.78 is 0. The summed E-state index contributed by atoms with van der Waals surface area (Å²) in [5.41, 5.74) is -0.0631. The molecule has 1 atom stereocenters. The Morgan fingerprint density at radius 3 is 2.68 bits per heavy atom. The summed E-state index contributed by atoms with van der Waals surface area (Å²) in [6, 6.07) is -0.00637. The van der Waals surface area contributed by atoms with E-state index in [4.69, 9.17) is 0 Å². The zero-order valence-electron chi connectivity index (χ0n) is 14.3. The summed E-state index contributed by atoms with van der Waals surface area (Å²) in [6.45, 7) is 4.19. The second-order valence-corrected chi connectivity index (χ2v) is 6.57. The van der Waals surface area contributed by atoms with Crippen LogP contribution in [0.15, 0.2) is 9.59 Å². The van der Waals surface area contributed by atoms with Crippen LogP contribution in [0.3, 0.4) is 0 Å². The van der Waals surface area contributed by atoms with Gasteiger partial charge >= 0.3 is 11.7 Å². The van der Waals surface area contributed by atoms with Crippen molar-refractivity contribution in [3.63, 3.8) is 0 Å². The molecule has 0 saturated carbocycles. The molecule has 0 aliphatic carbocycles. The van der Waals surface area contributed by atoms with Gasteiger partial charge in [-0.3, -0.25) is 14.6 Å². The minimum atomic E-state index is -0.541. The fraction of sp³-hybridized carbons (Fsp3) is 0.625. The monoisotopic (exact) mass is 349 g/mol. The fourth-order valence-electron chi connectivity index (χ4n) is 3.59. The molecule has 3 N–H and O–H groups in total. The van der Waals surface area contributed by atoms with Gasteiger partial charge in [0.1, 0.15) is 0 Å². The van der Waals surface area contributed by atoms with Gasteiger partial charge in [-0.15, -0.1) is 0 Å². The first-order valence-corrected chi connectivity index (χ1v) is 8.60. The molecule has 3 rings (SSSR count). The lowest BCUT2D eigenvalue weighted by Crippen LogP contribution is -2.50. The molecule has 1 unspecified atom stereocenters. The molecule has 2 aliphatic rings. The van der Waals surface area contributed by atoms with E-state index < -0.39 is 11.2 Å². The molecule has 0 aromatic carbocycles. The number of carbonyl (C=O) groups is 2. The van der Waals surface area contributed by atoms with Crippen molar-refractivity contribution in [3.05, 3.63) is 32.1 Å². The van der Waals surface area contributed by atoms with E-state index in [0.29, 0.717) is 37.4 Å². The molecule has 2 aliphatic heterocycles. The Hall–Kier alpha value is -2.58. The summed E-state index contributed by atoms with van der Waals surface area (Å²) in [4.78, 5) is 55.7. The molecule has 0 spiro atoms. The average Bonchev–Trinajstić information content (AvgIpc) is 3.00. The number of urea groups is 1. The van der Waals surface area contributed by atoms with Crippen LogP contribution in [0, 0.1) is 6.92 Å². The van der Waals surface area contributed by atoms with Gasteiger partial charge in [-0.05, 0) is 26.2 Å². The highest BCUT2D eigenvalue weighted by Crippen LogP contribution is 2.18. The van der Waals surface area contributed by atoms with Crippen LogP contribution in [0.4, 0.5) is 4.79 Å². The molecule has 25 heavy (non-hydrogen) atoms. The second-order valence-electron chi connectivity index (χ2n) is 6.57. The number of likely N-dealkylation sites (tertiary alicyclic amines) is 1. The molecule has 2 fully saturated rings. The number of nitrogens with one attached hydrogen (secondary N) is 3. The molecule has 1 aromatic rings. The molecule has 2 saturated heterocycles. The minimum Gasteiger partial charge on any atom is -0.341 e. The van der Waals surface area contributed by atoms with Gasteiger partial charge in [0.15, 0.2) is 0 Å². The van der Waals surface area contributed by atoms with Crippen molar-refractivity contribution in [2.75, 3.05) is 26.2 Å². The van der Waals surface area contributed by atoms with Crippen molar-refractivity contribution in [1.29, 1.82) is 0 Å². The first-order chi connectivity index (χ1) is 12.0. The van der Waals surface area contributed by atoms with Gasteiger partial charge in [0, 0.05) is 43.9 Å². The van der Waals surface area contributed by atoms with Crippen LogP contribution >= 0.6 is 0 Å². The predicted molar refractivity (Wildman–Crippen MR) is 90.4 cm³/mol. The van der Waals surface area contributed by atoms with Crippen LogP contribution in [0.5, 0.6) is 0 Å². The van der Waals surface area contributed by atoms with E-state index in [1.807, 2.05) is 0 Å². The van der Waals surface area contributed by atoms with Crippen molar-refractivity contribution < 1.29 is 9.59 Å². The molecule has 0 radical (unpaired) electrons. The quantitative estimate of drug-likeness (QED) is 0.667. The maximum atomic E-state index is 12.5. The number of piperidine rings is 1. The molecule has 9 nitrogen and oxygen atoms in total. The maximum Gasteiger partial charge on any atom is 0.325 e. The molecule has 136 valence electrons. The first kappa shape index (κ1) is 17.2. The smallest absolute Gasteiger partial charge is 0.325 e. The van der Waals surface area contributed by atoms with E-state index in [2.05, 4.69) is 15.3 Å². The van der Waals surface area contributed by atoms with Crippen LogP contribution < -0.4 is 16.6 Å². The topological polar surface area (TPSA) is 118 Å². The number of hydrogen-bond acceptors (Lipinski definition) is 4. The predicted octanol–water partition coefficient (Wildman–Crippen LogP) is -0.680. The molecule has 0 bridgehead atoms. The van der Waals surface area contributed by atoms with Crippen LogP contribution in [0.2, 0.25) is 0 Å². The Bertz CT molecular complexity index is 783. The number of aromatic amines is 2. The van der Waals surface area contributed by atoms with Crippen molar-refractivity contribution in [1.82, 2.24) is 25.1 Å². The molecular formula is C16H23N5O4. The summed E-state index contributed by atoms with van der Waals surface area (Å²) in [5, 5.41) is 2.79. The highest BCUT2D eigenvalue weighted by molar-refractivity contribution is 5.78. The summed E-state index contributed by atoms with van der Waals surface area (Å²) in [6.07, 6.45) is 2.24. The number of H-pyrrole nitrogens is 2. The van der Waals surface area contributed by atoms with Crippen LogP contribution in [-0.2, 0) is 11.2 Å². The highest BCUT2D eigenvalue weighted by atomic mass is 16.2. The van der Waals surface area contributed by atoms with Gasteiger partial charge in [-0.1, -0.05) is 0 Å². The van der Waals surface area contributed by atoms with Crippen molar-refractivity contribution >= 4 is 11.9 Å². The SMILES string of the molecule is Cc1[nH]c(=O)[nH]c(=O)c1CCC(=O)N1CCCC(N2CCNC2=O)C1. The van der Waals surface area contributed by atoms with Gasteiger partial charge in [0.2, 0.25) is 5.91 Å². The Morgan fingerprint density at radius 1 is 1.20 bits per heavy atom. The van der Waals surface area contributed by atoms with Gasteiger partial charge in [-0.2, -0.15) is 0 Å². The largest absolute Gasteiger partial charge is 0.341 e. The zero-order valence-corrected chi connectivity index (χ0v) is 14.3. The van der Waals surface area contributed by atoms with E-state index in [1.54, 1.807) is 16.7 Å².